The first-order valence-corrected chi connectivity index (χ1v) is 9.09. The molecule has 8 heteroatoms. The Hall–Kier alpha value is -1.15. The normalized spacial score (nSPS) is 21.7. The molecule has 1 fully saturated rings. The van der Waals surface area contributed by atoms with E-state index in [0.29, 0.717) is 25.8 Å². The zero-order valence-electron chi connectivity index (χ0n) is 12.5. The van der Waals surface area contributed by atoms with E-state index in [1.165, 1.54) is 4.31 Å². The second-order valence-corrected chi connectivity index (χ2v) is 7.39. The van der Waals surface area contributed by atoms with Gasteiger partial charge in [0, 0.05) is 13.1 Å². The number of carbonyl (C=O) groups is 2. The second-order valence-electron chi connectivity index (χ2n) is 5.45. The molecule has 0 bridgehead atoms. The molecule has 1 saturated heterocycles. The van der Waals surface area contributed by atoms with Crippen LogP contribution in [0, 0.1) is 5.92 Å². The van der Waals surface area contributed by atoms with Crippen molar-refractivity contribution < 1.29 is 23.1 Å². The molecule has 21 heavy (non-hydrogen) atoms. The van der Waals surface area contributed by atoms with Gasteiger partial charge >= 0.3 is 5.97 Å². The summed E-state index contributed by atoms with van der Waals surface area (Å²) in [5.41, 5.74) is 0. The SMILES string of the molecule is CCCC(CNC(=O)C1CCCCN1S(C)(=O)=O)C(=O)O. The Morgan fingerprint density at radius 1 is 1.38 bits per heavy atom. The van der Waals surface area contributed by atoms with Crippen LogP contribution in [0.2, 0.25) is 0 Å². The molecule has 0 radical (unpaired) electrons. The predicted molar refractivity (Wildman–Crippen MR) is 78.2 cm³/mol. The number of sulfonamides is 1. The number of piperidine rings is 1. The summed E-state index contributed by atoms with van der Waals surface area (Å²) in [6, 6.07) is -0.718. The van der Waals surface area contributed by atoms with Gasteiger partial charge in [0.2, 0.25) is 15.9 Å². The molecule has 7 nitrogen and oxygen atoms in total. The summed E-state index contributed by atoms with van der Waals surface area (Å²) in [4.78, 5) is 23.2. The summed E-state index contributed by atoms with van der Waals surface area (Å²) in [6.45, 7) is 2.26. The van der Waals surface area contributed by atoms with Crippen LogP contribution < -0.4 is 5.32 Å². The number of hydrogen-bond donors (Lipinski definition) is 2. The van der Waals surface area contributed by atoms with Crippen molar-refractivity contribution in [2.24, 2.45) is 5.92 Å². The number of carboxylic acids is 1. The Morgan fingerprint density at radius 2 is 2.05 bits per heavy atom. The van der Waals surface area contributed by atoms with E-state index in [1.54, 1.807) is 0 Å². The third-order valence-electron chi connectivity index (χ3n) is 3.69. The van der Waals surface area contributed by atoms with Gasteiger partial charge in [-0.3, -0.25) is 9.59 Å². The molecule has 0 aromatic heterocycles. The zero-order chi connectivity index (χ0) is 16.0. The molecular formula is C13H24N2O5S. The fourth-order valence-corrected chi connectivity index (χ4v) is 3.69. The van der Waals surface area contributed by atoms with E-state index < -0.39 is 33.9 Å². The van der Waals surface area contributed by atoms with Gasteiger partial charge in [0.05, 0.1) is 12.2 Å². The molecular weight excluding hydrogens is 296 g/mol. The highest BCUT2D eigenvalue weighted by molar-refractivity contribution is 7.88. The molecule has 1 amide bonds. The molecule has 1 aliphatic heterocycles. The van der Waals surface area contributed by atoms with Crippen LogP contribution in [0.4, 0.5) is 0 Å². The van der Waals surface area contributed by atoms with Gasteiger partial charge in [-0.2, -0.15) is 4.31 Å². The van der Waals surface area contributed by atoms with Crippen LogP contribution in [-0.4, -0.2) is 55.1 Å². The molecule has 0 saturated carbocycles. The maximum Gasteiger partial charge on any atom is 0.308 e. The third kappa shape index (κ3) is 5.28. The Labute approximate surface area is 125 Å². The number of hydrogen-bond acceptors (Lipinski definition) is 4. The molecule has 1 aliphatic rings. The van der Waals surface area contributed by atoms with E-state index in [1.807, 2.05) is 6.92 Å². The van der Waals surface area contributed by atoms with Crippen molar-refractivity contribution in [1.29, 1.82) is 0 Å². The lowest BCUT2D eigenvalue weighted by Crippen LogP contribution is -2.52. The summed E-state index contributed by atoms with van der Waals surface area (Å²) < 4.78 is 24.6. The largest absolute Gasteiger partial charge is 0.481 e. The molecule has 0 aliphatic carbocycles. The standard InChI is InChI=1S/C13H24N2O5S/c1-3-6-10(13(17)18)9-14-12(16)11-7-4-5-8-15(11)21(2,19)20/h10-11H,3-9H2,1-2H3,(H,14,16)(H,17,18). The van der Waals surface area contributed by atoms with Crippen molar-refractivity contribution in [2.75, 3.05) is 19.3 Å². The van der Waals surface area contributed by atoms with Crippen molar-refractivity contribution in [1.82, 2.24) is 9.62 Å². The Morgan fingerprint density at radius 3 is 2.57 bits per heavy atom. The quantitative estimate of drug-likeness (QED) is 0.707. The summed E-state index contributed by atoms with van der Waals surface area (Å²) in [5.74, 6) is -1.97. The molecule has 1 heterocycles. The fraction of sp³-hybridized carbons (Fsp3) is 0.846. The first kappa shape index (κ1) is 17.9. The Kier molecular flexibility index (Phi) is 6.60. The number of carbonyl (C=O) groups excluding carboxylic acids is 1. The van der Waals surface area contributed by atoms with Crippen LogP contribution in [0.5, 0.6) is 0 Å². The van der Waals surface area contributed by atoms with Crippen LogP contribution in [-0.2, 0) is 19.6 Å². The molecule has 0 aromatic carbocycles. The monoisotopic (exact) mass is 320 g/mol. The number of aliphatic carboxylic acids is 1. The van der Waals surface area contributed by atoms with Crippen molar-refractivity contribution in [2.45, 2.75) is 45.1 Å². The van der Waals surface area contributed by atoms with Gasteiger partial charge in [-0.05, 0) is 19.3 Å². The highest BCUT2D eigenvalue weighted by atomic mass is 32.2. The topological polar surface area (TPSA) is 104 Å². The first-order valence-electron chi connectivity index (χ1n) is 7.24. The number of rotatable bonds is 7. The van der Waals surface area contributed by atoms with Gasteiger partial charge in [0.15, 0.2) is 0 Å². The van der Waals surface area contributed by atoms with Gasteiger partial charge in [-0.25, -0.2) is 8.42 Å². The minimum atomic E-state index is -3.43. The maximum atomic E-state index is 12.2. The first-order chi connectivity index (χ1) is 9.77. The van der Waals surface area contributed by atoms with Crippen LogP contribution >= 0.6 is 0 Å². The van der Waals surface area contributed by atoms with Crippen LogP contribution in [0.15, 0.2) is 0 Å². The fourth-order valence-electron chi connectivity index (χ4n) is 2.57. The molecule has 2 N–H and O–H groups in total. The predicted octanol–water partition coefficient (Wildman–Crippen LogP) is 0.418. The maximum absolute atomic E-state index is 12.2. The number of amides is 1. The van der Waals surface area contributed by atoms with Gasteiger partial charge in [-0.15, -0.1) is 0 Å². The smallest absolute Gasteiger partial charge is 0.308 e. The molecule has 1 rings (SSSR count). The van der Waals surface area contributed by atoms with E-state index in [9.17, 15) is 18.0 Å². The molecule has 0 aromatic rings. The highest BCUT2D eigenvalue weighted by Gasteiger charge is 2.34. The summed E-state index contributed by atoms with van der Waals surface area (Å²) >= 11 is 0. The van der Waals surface area contributed by atoms with Crippen molar-refractivity contribution >= 4 is 21.9 Å². The van der Waals surface area contributed by atoms with E-state index in [2.05, 4.69) is 5.32 Å². The van der Waals surface area contributed by atoms with Crippen LogP contribution in [0.3, 0.4) is 0 Å². The molecule has 0 spiro atoms. The Balaban J connectivity index is 2.66. The van der Waals surface area contributed by atoms with Gasteiger partial charge in [0.1, 0.15) is 6.04 Å². The van der Waals surface area contributed by atoms with E-state index in [4.69, 9.17) is 5.11 Å². The zero-order valence-corrected chi connectivity index (χ0v) is 13.4. The summed E-state index contributed by atoms with van der Waals surface area (Å²) in [7, 11) is -3.43. The van der Waals surface area contributed by atoms with E-state index in [-0.39, 0.29) is 6.54 Å². The highest BCUT2D eigenvalue weighted by Crippen LogP contribution is 2.20. The van der Waals surface area contributed by atoms with Gasteiger partial charge in [0.25, 0.3) is 0 Å². The Bertz CT molecular complexity index is 477. The molecule has 2 unspecified atom stereocenters. The second kappa shape index (κ2) is 7.74. The summed E-state index contributed by atoms with van der Waals surface area (Å²) in [5, 5.41) is 11.6. The lowest BCUT2D eigenvalue weighted by atomic mass is 10.0. The van der Waals surface area contributed by atoms with E-state index >= 15 is 0 Å². The van der Waals surface area contributed by atoms with Gasteiger partial charge in [-0.1, -0.05) is 19.8 Å². The number of nitrogens with zero attached hydrogens (tertiary/aromatic N) is 1. The average Bonchev–Trinajstić information content (AvgIpc) is 2.41. The van der Waals surface area contributed by atoms with Crippen LogP contribution in [0.1, 0.15) is 39.0 Å². The molecule has 2 atom stereocenters. The average molecular weight is 320 g/mol. The van der Waals surface area contributed by atoms with Gasteiger partial charge < -0.3 is 10.4 Å². The minimum absolute atomic E-state index is 0.0378. The lowest BCUT2D eigenvalue weighted by Gasteiger charge is -2.32. The van der Waals surface area contributed by atoms with Crippen LogP contribution in [0.25, 0.3) is 0 Å². The summed E-state index contributed by atoms with van der Waals surface area (Å²) in [6.07, 6.45) is 4.30. The van der Waals surface area contributed by atoms with Crippen molar-refractivity contribution in [3.8, 4) is 0 Å². The number of carboxylic acid groups (broad SMARTS) is 1. The van der Waals surface area contributed by atoms with Crippen molar-refractivity contribution in [3.05, 3.63) is 0 Å². The minimum Gasteiger partial charge on any atom is -0.481 e. The number of nitrogens with one attached hydrogen (secondary N) is 1. The molecule has 122 valence electrons. The van der Waals surface area contributed by atoms with Crippen molar-refractivity contribution in [3.63, 3.8) is 0 Å². The van der Waals surface area contributed by atoms with E-state index in [0.717, 1.165) is 19.1 Å². The lowest BCUT2D eigenvalue weighted by molar-refractivity contribution is -0.142. The third-order valence-corrected chi connectivity index (χ3v) is 4.98.